The molecule has 0 atom stereocenters. The molecule has 7 nitrogen and oxygen atoms in total. The molecule has 0 spiro atoms. The molecule has 0 saturated heterocycles. The van der Waals surface area contributed by atoms with Crippen LogP contribution < -0.4 is 15.0 Å². The van der Waals surface area contributed by atoms with Crippen molar-refractivity contribution in [1.29, 1.82) is 0 Å². The Labute approximate surface area is 220 Å². The van der Waals surface area contributed by atoms with Crippen LogP contribution in [0.3, 0.4) is 0 Å². The summed E-state index contributed by atoms with van der Waals surface area (Å²) in [6.45, 7) is 3.81. The normalized spacial score (nSPS) is 11.7. The van der Waals surface area contributed by atoms with Crippen molar-refractivity contribution < 1.29 is 13.9 Å². The largest absolute Gasteiger partial charge is 0.493 e. The average molecular weight is 567 g/mol. The van der Waals surface area contributed by atoms with Crippen molar-refractivity contribution in [1.82, 2.24) is 9.66 Å². The number of halogens is 2. The van der Waals surface area contributed by atoms with Gasteiger partial charge in [0.15, 0.2) is 17.3 Å². The first-order chi connectivity index (χ1) is 17.3. The number of furan rings is 1. The number of nitrogens with zero attached hydrogens (tertiary/aromatic N) is 3. The number of para-hydroxylation sites is 1. The average Bonchev–Trinajstić information content (AvgIpc) is 3.27. The second kappa shape index (κ2) is 9.79. The molecule has 0 aliphatic carbocycles. The molecule has 0 amide bonds. The Kier molecular flexibility index (Phi) is 6.55. The number of benzene rings is 3. The van der Waals surface area contributed by atoms with Crippen molar-refractivity contribution in [3.8, 4) is 23.1 Å². The highest BCUT2D eigenvalue weighted by molar-refractivity contribution is 9.10. The monoisotopic (exact) mass is 565 g/mol. The fraction of sp³-hybridized carbons (Fsp3) is 0.148. The van der Waals surface area contributed by atoms with E-state index in [0.29, 0.717) is 44.3 Å². The molecule has 0 radical (unpaired) electrons. The summed E-state index contributed by atoms with van der Waals surface area (Å²) < 4.78 is 19.4. The van der Waals surface area contributed by atoms with Gasteiger partial charge in [-0.15, -0.1) is 0 Å². The second-order valence-corrected chi connectivity index (χ2v) is 9.63. The molecule has 36 heavy (non-hydrogen) atoms. The number of hydrogen-bond donors (Lipinski definition) is 0. The molecule has 9 heteroatoms. The van der Waals surface area contributed by atoms with E-state index in [0.717, 1.165) is 9.86 Å². The third kappa shape index (κ3) is 4.62. The summed E-state index contributed by atoms with van der Waals surface area (Å²) in [5.74, 6) is 1.61. The third-order valence-electron chi connectivity index (χ3n) is 5.38. The number of hydrogen-bond acceptors (Lipinski definition) is 6. The molecule has 0 aliphatic heterocycles. The second-order valence-electron chi connectivity index (χ2n) is 8.31. The Morgan fingerprint density at radius 1 is 1.14 bits per heavy atom. The molecule has 5 aromatic rings. The lowest BCUT2D eigenvalue weighted by atomic mass is 10.2. The first kappa shape index (κ1) is 24.1. The maximum Gasteiger partial charge on any atom is 0.282 e. The summed E-state index contributed by atoms with van der Waals surface area (Å²) >= 11 is 9.94. The summed E-state index contributed by atoms with van der Waals surface area (Å²) in [4.78, 5) is 18.2. The van der Waals surface area contributed by atoms with Gasteiger partial charge in [0.2, 0.25) is 5.82 Å². The van der Waals surface area contributed by atoms with Gasteiger partial charge in [-0.05, 0) is 67.9 Å². The molecule has 0 N–H and O–H groups in total. The minimum atomic E-state index is -0.327. The predicted molar refractivity (Wildman–Crippen MR) is 146 cm³/mol. The van der Waals surface area contributed by atoms with Crippen LogP contribution in [0.5, 0.6) is 11.5 Å². The summed E-state index contributed by atoms with van der Waals surface area (Å²) in [6, 6.07) is 18.1. The van der Waals surface area contributed by atoms with E-state index in [2.05, 4.69) is 21.0 Å². The molecule has 2 aromatic heterocycles. The van der Waals surface area contributed by atoms with Crippen molar-refractivity contribution in [3.63, 3.8) is 0 Å². The Balaban J connectivity index is 1.66. The number of aromatic nitrogens is 2. The van der Waals surface area contributed by atoms with E-state index in [-0.39, 0.29) is 17.5 Å². The lowest BCUT2D eigenvalue weighted by Gasteiger charge is -2.15. The Morgan fingerprint density at radius 2 is 1.94 bits per heavy atom. The van der Waals surface area contributed by atoms with Crippen molar-refractivity contribution in [2.45, 2.75) is 20.0 Å². The maximum absolute atomic E-state index is 13.5. The molecule has 0 fully saturated rings. The van der Waals surface area contributed by atoms with Gasteiger partial charge in [0.1, 0.15) is 5.58 Å². The number of ether oxygens (including phenoxy) is 2. The summed E-state index contributed by atoms with van der Waals surface area (Å²) in [7, 11) is 1.54. The topological polar surface area (TPSA) is 78.9 Å². The van der Waals surface area contributed by atoms with Crippen LogP contribution in [0.1, 0.15) is 19.4 Å². The van der Waals surface area contributed by atoms with Crippen LogP contribution in [-0.2, 0) is 0 Å². The van der Waals surface area contributed by atoms with Crippen LogP contribution >= 0.6 is 27.5 Å². The predicted octanol–water partition coefficient (Wildman–Crippen LogP) is 6.90. The van der Waals surface area contributed by atoms with Gasteiger partial charge in [-0.25, -0.2) is 4.98 Å². The highest BCUT2D eigenvalue weighted by Gasteiger charge is 2.17. The molecule has 0 saturated carbocycles. The van der Waals surface area contributed by atoms with Crippen LogP contribution in [-0.4, -0.2) is 29.1 Å². The fourth-order valence-electron chi connectivity index (χ4n) is 3.80. The molecule has 182 valence electrons. The summed E-state index contributed by atoms with van der Waals surface area (Å²) in [5.41, 5.74) is 1.51. The van der Waals surface area contributed by atoms with Gasteiger partial charge in [0.25, 0.3) is 5.56 Å². The Morgan fingerprint density at radius 3 is 2.72 bits per heavy atom. The first-order valence-electron chi connectivity index (χ1n) is 11.1. The Bertz CT molecular complexity index is 1690. The van der Waals surface area contributed by atoms with Gasteiger partial charge in [-0.1, -0.05) is 39.7 Å². The van der Waals surface area contributed by atoms with Gasteiger partial charge in [-0.3, -0.25) is 4.79 Å². The van der Waals surface area contributed by atoms with Crippen molar-refractivity contribution >= 4 is 55.6 Å². The summed E-state index contributed by atoms with van der Waals surface area (Å²) in [5, 5.41) is 6.17. The molecule has 2 heterocycles. The third-order valence-corrected chi connectivity index (χ3v) is 6.15. The molecule has 5 rings (SSSR count). The standard InChI is InChI=1S/C27H21BrClN3O4/c1-15(2)35-25-20(29)10-16(11-23(25)34-3)14-30-32-26(31-21-7-5-4-6-19(21)27(32)33)24-13-17-12-18(28)8-9-22(17)36-24/h4-15H,1-3H3. The van der Waals surface area contributed by atoms with Crippen LogP contribution in [0, 0.1) is 0 Å². The number of fused-ring (bicyclic) bond motifs is 2. The van der Waals surface area contributed by atoms with E-state index in [9.17, 15) is 4.79 Å². The molecular formula is C27H21BrClN3O4. The highest BCUT2D eigenvalue weighted by atomic mass is 79.9. The molecule has 0 aliphatic rings. The van der Waals surface area contributed by atoms with E-state index < -0.39 is 0 Å². The zero-order chi connectivity index (χ0) is 25.4. The quantitative estimate of drug-likeness (QED) is 0.209. The van der Waals surface area contributed by atoms with Gasteiger partial charge < -0.3 is 13.9 Å². The lowest BCUT2D eigenvalue weighted by Crippen LogP contribution is -2.20. The van der Waals surface area contributed by atoms with Crippen LogP contribution in [0.25, 0.3) is 33.5 Å². The van der Waals surface area contributed by atoms with Crippen molar-refractivity contribution in [2.24, 2.45) is 5.10 Å². The Hall–Kier alpha value is -3.62. The SMILES string of the molecule is COc1cc(C=Nn2c(-c3cc4cc(Br)ccc4o3)nc3ccccc3c2=O)cc(Cl)c1OC(C)C. The van der Waals surface area contributed by atoms with Gasteiger partial charge >= 0.3 is 0 Å². The van der Waals surface area contributed by atoms with Gasteiger partial charge in [0.05, 0.1) is 35.4 Å². The van der Waals surface area contributed by atoms with Crippen molar-refractivity contribution in [3.05, 3.63) is 86.1 Å². The number of methoxy groups -OCH3 is 1. The van der Waals surface area contributed by atoms with Gasteiger partial charge in [-0.2, -0.15) is 9.78 Å². The highest BCUT2D eigenvalue weighted by Crippen LogP contribution is 2.37. The molecule has 0 unspecified atom stereocenters. The van der Waals surface area contributed by atoms with E-state index in [1.54, 1.807) is 30.3 Å². The first-order valence-corrected chi connectivity index (χ1v) is 12.3. The van der Waals surface area contributed by atoms with E-state index in [4.69, 9.17) is 30.5 Å². The zero-order valence-corrected chi connectivity index (χ0v) is 22.0. The zero-order valence-electron chi connectivity index (χ0n) is 19.7. The van der Waals surface area contributed by atoms with E-state index in [1.165, 1.54) is 18.0 Å². The van der Waals surface area contributed by atoms with Gasteiger partial charge in [0, 0.05) is 9.86 Å². The van der Waals surface area contributed by atoms with Crippen molar-refractivity contribution in [2.75, 3.05) is 7.11 Å². The summed E-state index contributed by atoms with van der Waals surface area (Å²) in [6.07, 6.45) is 1.44. The lowest BCUT2D eigenvalue weighted by molar-refractivity contribution is 0.230. The van der Waals surface area contributed by atoms with Crippen LogP contribution in [0.15, 0.2) is 79.4 Å². The molecular weight excluding hydrogens is 546 g/mol. The smallest absolute Gasteiger partial charge is 0.282 e. The van der Waals surface area contributed by atoms with Crippen LogP contribution in [0.4, 0.5) is 0 Å². The maximum atomic E-state index is 13.5. The number of rotatable bonds is 6. The minimum Gasteiger partial charge on any atom is -0.493 e. The molecule has 0 bridgehead atoms. The van der Waals surface area contributed by atoms with E-state index >= 15 is 0 Å². The van der Waals surface area contributed by atoms with Crippen LogP contribution in [0.2, 0.25) is 5.02 Å². The molecule has 3 aromatic carbocycles. The minimum absolute atomic E-state index is 0.0786. The van der Waals surface area contributed by atoms with E-state index in [1.807, 2.05) is 44.2 Å². The fourth-order valence-corrected chi connectivity index (χ4v) is 4.45.